The number of nitrogens with one attached hydrogen (secondary N) is 2. The highest BCUT2D eigenvalue weighted by atomic mass is 32.2. The maximum Gasteiger partial charge on any atom is 0.263 e. The SMILES string of the molecule is O=C1NCCCc2nc(NS(=O)(=O)c3ccc(F)cc3)sc21. The number of aryl methyl sites for hydroxylation is 1. The first-order valence-corrected chi connectivity index (χ1v) is 8.82. The zero-order valence-electron chi connectivity index (χ0n) is 11.3. The van der Waals surface area contributed by atoms with Crippen molar-refractivity contribution in [2.75, 3.05) is 11.3 Å². The number of carbonyl (C=O) groups excluding carboxylic acids is 1. The van der Waals surface area contributed by atoms with Crippen molar-refractivity contribution in [2.24, 2.45) is 0 Å². The summed E-state index contributed by atoms with van der Waals surface area (Å²) in [6, 6.07) is 4.48. The number of rotatable bonds is 3. The molecule has 0 aliphatic carbocycles. The van der Waals surface area contributed by atoms with Gasteiger partial charge in [0.05, 0.1) is 10.6 Å². The van der Waals surface area contributed by atoms with Crippen molar-refractivity contribution in [3.63, 3.8) is 0 Å². The van der Waals surface area contributed by atoms with E-state index >= 15 is 0 Å². The van der Waals surface area contributed by atoms with Crippen LogP contribution in [0.4, 0.5) is 9.52 Å². The van der Waals surface area contributed by atoms with Gasteiger partial charge in [0, 0.05) is 6.54 Å². The standard InChI is InChI=1S/C13H12FN3O3S2/c14-8-3-5-9(6-4-8)22(19,20)17-13-16-10-2-1-7-15-12(18)11(10)21-13/h3-6H,1-2,7H2,(H,15,18)(H,16,17). The lowest BCUT2D eigenvalue weighted by Gasteiger charge is -2.04. The van der Waals surface area contributed by atoms with Crippen molar-refractivity contribution in [2.45, 2.75) is 17.7 Å². The highest BCUT2D eigenvalue weighted by Crippen LogP contribution is 2.27. The minimum absolute atomic E-state index is 0.0660. The first-order valence-electron chi connectivity index (χ1n) is 6.52. The molecule has 2 aromatic rings. The third-order valence-electron chi connectivity index (χ3n) is 3.13. The molecule has 9 heteroatoms. The summed E-state index contributed by atoms with van der Waals surface area (Å²) < 4.78 is 39.6. The minimum Gasteiger partial charge on any atom is -0.351 e. The Bertz CT molecular complexity index is 816. The molecule has 3 rings (SSSR count). The summed E-state index contributed by atoms with van der Waals surface area (Å²) >= 11 is 0.994. The summed E-state index contributed by atoms with van der Waals surface area (Å²) in [5.41, 5.74) is 0.594. The van der Waals surface area contributed by atoms with Crippen molar-refractivity contribution < 1.29 is 17.6 Å². The number of aromatic nitrogens is 1. The van der Waals surface area contributed by atoms with Gasteiger partial charge >= 0.3 is 0 Å². The van der Waals surface area contributed by atoms with E-state index in [2.05, 4.69) is 15.0 Å². The van der Waals surface area contributed by atoms with Crippen molar-refractivity contribution in [3.8, 4) is 0 Å². The molecule has 0 saturated heterocycles. The lowest BCUT2D eigenvalue weighted by atomic mass is 10.2. The molecule has 0 saturated carbocycles. The van der Waals surface area contributed by atoms with Crippen LogP contribution in [0, 0.1) is 5.82 Å². The Morgan fingerprint density at radius 2 is 2.00 bits per heavy atom. The number of anilines is 1. The van der Waals surface area contributed by atoms with Crippen LogP contribution in [0.2, 0.25) is 0 Å². The number of benzene rings is 1. The highest BCUT2D eigenvalue weighted by Gasteiger charge is 2.23. The Kier molecular flexibility index (Phi) is 3.83. The molecule has 22 heavy (non-hydrogen) atoms. The van der Waals surface area contributed by atoms with Gasteiger partial charge in [0.25, 0.3) is 15.9 Å². The molecule has 2 heterocycles. The second-order valence-corrected chi connectivity index (χ2v) is 7.40. The van der Waals surface area contributed by atoms with Crippen molar-refractivity contribution in [1.82, 2.24) is 10.3 Å². The summed E-state index contributed by atoms with van der Waals surface area (Å²) in [4.78, 5) is 16.4. The second-order valence-electron chi connectivity index (χ2n) is 4.71. The fourth-order valence-corrected chi connectivity index (χ4v) is 4.23. The van der Waals surface area contributed by atoms with Gasteiger partial charge < -0.3 is 5.32 Å². The first-order chi connectivity index (χ1) is 10.5. The fraction of sp³-hybridized carbons (Fsp3) is 0.231. The van der Waals surface area contributed by atoms with E-state index in [9.17, 15) is 17.6 Å². The van der Waals surface area contributed by atoms with E-state index < -0.39 is 15.8 Å². The quantitative estimate of drug-likeness (QED) is 0.890. The van der Waals surface area contributed by atoms with Gasteiger partial charge in [0.2, 0.25) is 0 Å². The van der Waals surface area contributed by atoms with Gasteiger partial charge in [-0.15, -0.1) is 0 Å². The number of halogens is 1. The van der Waals surface area contributed by atoms with Crippen molar-refractivity contribution >= 4 is 32.4 Å². The minimum atomic E-state index is -3.86. The fourth-order valence-electron chi connectivity index (χ4n) is 2.07. The zero-order valence-corrected chi connectivity index (χ0v) is 12.9. The molecule has 1 aliphatic rings. The molecule has 1 aromatic carbocycles. The van der Waals surface area contributed by atoms with Gasteiger partial charge in [0.15, 0.2) is 5.13 Å². The van der Waals surface area contributed by atoms with E-state index in [0.717, 1.165) is 29.9 Å². The Morgan fingerprint density at radius 3 is 2.73 bits per heavy atom. The number of thiazole rings is 1. The Balaban J connectivity index is 1.88. The summed E-state index contributed by atoms with van der Waals surface area (Å²) in [6.45, 7) is 0.582. The number of hydrogen-bond donors (Lipinski definition) is 2. The van der Waals surface area contributed by atoms with Gasteiger partial charge in [-0.2, -0.15) is 0 Å². The molecule has 1 aromatic heterocycles. The maximum absolute atomic E-state index is 12.9. The van der Waals surface area contributed by atoms with E-state index in [1.54, 1.807) is 0 Å². The average molecular weight is 341 g/mol. The molecule has 6 nitrogen and oxygen atoms in total. The summed E-state index contributed by atoms with van der Waals surface area (Å²) in [7, 11) is -3.86. The zero-order chi connectivity index (χ0) is 15.7. The molecule has 116 valence electrons. The normalized spacial score (nSPS) is 14.9. The largest absolute Gasteiger partial charge is 0.351 e. The predicted molar refractivity (Wildman–Crippen MR) is 80.0 cm³/mol. The maximum atomic E-state index is 12.9. The van der Waals surface area contributed by atoms with Crippen molar-refractivity contribution in [3.05, 3.63) is 40.7 Å². The number of carbonyl (C=O) groups is 1. The molecule has 0 spiro atoms. The van der Waals surface area contributed by atoms with Crippen LogP contribution in [0.5, 0.6) is 0 Å². The summed E-state index contributed by atoms with van der Waals surface area (Å²) in [5.74, 6) is -0.756. The van der Waals surface area contributed by atoms with Gasteiger partial charge in [-0.05, 0) is 37.1 Å². The van der Waals surface area contributed by atoms with Crippen molar-refractivity contribution in [1.29, 1.82) is 0 Å². The summed E-state index contributed by atoms with van der Waals surface area (Å²) in [6.07, 6.45) is 1.37. The smallest absolute Gasteiger partial charge is 0.263 e. The number of hydrogen-bond acceptors (Lipinski definition) is 5. The first kappa shape index (κ1) is 14.9. The number of fused-ring (bicyclic) bond motifs is 1. The monoisotopic (exact) mass is 341 g/mol. The van der Waals surface area contributed by atoms with Crippen LogP contribution in [0.3, 0.4) is 0 Å². The van der Waals surface area contributed by atoms with E-state index in [1.165, 1.54) is 12.1 Å². The third-order valence-corrected chi connectivity index (χ3v) is 5.62. The van der Waals surface area contributed by atoms with Gasteiger partial charge in [-0.1, -0.05) is 11.3 Å². The van der Waals surface area contributed by atoms with Gasteiger partial charge in [0.1, 0.15) is 10.7 Å². The number of sulfonamides is 1. The van der Waals surface area contributed by atoms with Gasteiger partial charge in [-0.3, -0.25) is 9.52 Å². The van der Waals surface area contributed by atoms with E-state index in [0.29, 0.717) is 23.5 Å². The number of nitrogens with zero attached hydrogens (tertiary/aromatic N) is 1. The van der Waals surface area contributed by atoms with E-state index in [4.69, 9.17) is 0 Å². The van der Waals surface area contributed by atoms with Crippen LogP contribution in [-0.4, -0.2) is 25.9 Å². The lowest BCUT2D eigenvalue weighted by molar-refractivity contribution is 0.0960. The lowest BCUT2D eigenvalue weighted by Crippen LogP contribution is -2.21. The third kappa shape index (κ3) is 2.95. The van der Waals surface area contributed by atoms with Crippen LogP contribution in [0.1, 0.15) is 21.8 Å². The van der Waals surface area contributed by atoms with Crippen LogP contribution < -0.4 is 10.0 Å². The van der Waals surface area contributed by atoms with Gasteiger partial charge in [-0.25, -0.2) is 17.8 Å². The predicted octanol–water partition coefficient (Wildman–Crippen LogP) is 1.76. The molecule has 1 aliphatic heterocycles. The Labute approximate surface area is 130 Å². The average Bonchev–Trinajstić information content (AvgIpc) is 2.78. The highest BCUT2D eigenvalue weighted by molar-refractivity contribution is 7.93. The molecular formula is C13H12FN3O3S2. The molecule has 0 radical (unpaired) electrons. The Morgan fingerprint density at radius 1 is 1.27 bits per heavy atom. The molecule has 0 unspecified atom stereocenters. The Hall–Kier alpha value is -2.00. The summed E-state index contributed by atoms with van der Waals surface area (Å²) in [5, 5.41) is 2.86. The second kappa shape index (κ2) is 5.65. The topological polar surface area (TPSA) is 88.2 Å². The number of amides is 1. The molecule has 0 bridgehead atoms. The van der Waals surface area contributed by atoms with Crippen LogP contribution >= 0.6 is 11.3 Å². The molecule has 0 fully saturated rings. The molecule has 1 amide bonds. The van der Waals surface area contributed by atoms with Crippen LogP contribution in [0.25, 0.3) is 0 Å². The van der Waals surface area contributed by atoms with Crippen LogP contribution in [0.15, 0.2) is 29.2 Å². The molecular weight excluding hydrogens is 329 g/mol. The van der Waals surface area contributed by atoms with E-state index in [1.807, 2.05) is 0 Å². The molecule has 0 atom stereocenters. The van der Waals surface area contributed by atoms with Crippen LogP contribution in [-0.2, 0) is 16.4 Å². The van der Waals surface area contributed by atoms with E-state index in [-0.39, 0.29) is 15.9 Å². The molecule has 2 N–H and O–H groups in total.